The second-order valence-corrected chi connectivity index (χ2v) is 5.75. The smallest absolute Gasteiger partial charge is 0.309 e. The number of carbonyl (C=O) groups excluding carboxylic acids is 1. The number of rotatable bonds is 4. The van der Waals surface area contributed by atoms with E-state index in [9.17, 15) is 9.59 Å². The molecule has 1 amide bonds. The summed E-state index contributed by atoms with van der Waals surface area (Å²) in [7, 11) is 0. The van der Waals surface area contributed by atoms with E-state index < -0.39 is 17.3 Å². The summed E-state index contributed by atoms with van der Waals surface area (Å²) in [5.74, 6) is -1.48. The second kappa shape index (κ2) is 5.80. The van der Waals surface area contributed by atoms with Crippen molar-refractivity contribution in [1.29, 1.82) is 0 Å². The van der Waals surface area contributed by atoms with Crippen LogP contribution in [0.4, 0.5) is 5.69 Å². The van der Waals surface area contributed by atoms with Crippen molar-refractivity contribution in [2.45, 2.75) is 27.2 Å². The molecule has 0 heterocycles. The molecule has 0 spiro atoms. The highest BCUT2D eigenvalue weighted by atomic mass is 35.5. The van der Waals surface area contributed by atoms with Crippen LogP contribution < -0.4 is 5.32 Å². The summed E-state index contributed by atoms with van der Waals surface area (Å²) in [6.45, 7) is 4.75. The Hall–Kier alpha value is -1.26. The average molecular weight is 304 g/mol. The monoisotopic (exact) mass is 303 g/mol. The Kier molecular flexibility index (Phi) is 4.82. The third-order valence-corrected chi connectivity index (χ3v) is 3.53. The Balaban J connectivity index is 2.90. The van der Waals surface area contributed by atoms with Gasteiger partial charge in [-0.2, -0.15) is 0 Å². The van der Waals surface area contributed by atoms with Crippen molar-refractivity contribution < 1.29 is 14.7 Å². The number of hydrogen-bond acceptors (Lipinski definition) is 2. The van der Waals surface area contributed by atoms with Gasteiger partial charge in [0.25, 0.3) is 0 Å². The largest absolute Gasteiger partial charge is 0.481 e. The van der Waals surface area contributed by atoms with Gasteiger partial charge in [-0.25, -0.2) is 0 Å². The summed E-state index contributed by atoms with van der Waals surface area (Å²) >= 11 is 12.0. The van der Waals surface area contributed by atoms with Gasteiger partial charge in [-0.3, -0.25) is 9.59 Å². The number of amides is 1. The predicted molar refractivity (Wildman–Crippen MR) is 75.9 cm³/mol. The number of carboxylic acid groups (broad SMARTS) is 1. The van der Waals surface area contributed by atoms with Crippen LogP contribution in [-0.2, 0) is 9.59 Å². The summed E-state index contributed by atoms with van der Waals surface area (Å²) in [5.41, 5.74) is -0.0549. The highest BCUT2D eigenvalue weighted by Crippen LogP contribution is 2.33. The molecule has 19 heavy (non-hydrogen) atoms. The molecule has 0 unspecified atom stereocenters. The molecule has 104 valence electrons. The van der Waals surface area contributed by atoms with Gasteiger partial charge < -0.3 is 10.4 Å². The molecule has 0 aliphatic carbocycles. The maximum atomic E-state index is 11.9. The van der Waals surface area contributed by atoms with Crippen LogP contribution in [0.3, 0.4) is 0 Å². The average Bonchev–Trinajstić information content (AvgIpc) is 2.29. The molecule has 0 saturated heterocycles. The van der Waals surface area contributed by atoms with Crippen LogP contribution in [0.2, 0.25) is 10.0 Å². The molecule has 0 bridgehead atoms. The lowest BCUT2D eigenvalue weighted by atomic mass is 9.89. The van der Waals surface area contributed by atoms with Crippen molar-refractivity contribution in [3.8, 4) is 0 Å². The zero-order valence-corrected chi connectivity index (χ0v) is 12.4. The Labute approximate surface area is 121 Å². The predicted octanol–water partition coefficient (Wildman–Crippen LogP) is 3.74. The van der Waals surface area contributed by atoms with Gasteiger partial charge in [-0.15, -0.1) is 0 Å². The van der Waals surface area contributed by atoms with Crippen molar-refractivity contribution in [2.24, 2.45) is 5.41 Å². The summed E-state index contributed by atoms with van der Waals surface area (Å²) in [4.78, 5) is 22.8. The normalized spacial score (nSPS) is 11.2. The van der Waals surface area contributed by atoms with Crippen LogP contribution in [0.15, 0.2) is 12.1 Å². The minimum Gasteiger partial charge on any atom is -0.481 e. The Morgan fingerprint density at radius 2 is 1.89 bits per heavy atom. The molecule has 0 fully saturated rings. The molecule has 0 atom stereocenters. The van der Waals surface area contributed by atoms with Gasteiger partial charge in [0.1, 0.15) is 0 Å². The van der Waals surface area contributed by atoms with Crippen molar-refractivity contribution in [1.82, 2.24) is 0 Å². The molecule has 6 heteroatoms. The molecular weight excluding hydrogens is 289 g/mol. The number of carbonyl (C=O) groups is 2. The second-order valence-electron chi connectivity index (χ2n) is 4.97. The fraction of sp³-hybridized carbons (Fsp3) is 0.385. The van der Waals surface area contributed by atoms with E-state index in [4.69, 9.17) is 28.3 Å². The standard InChI is InChI=1S/C13H15Cl2NO3/c1-7-4-5-8(14)11(10(7)15)16-9(17)6-13(2,3)12(18)19/h4-5H,6H2,1-3H3,(H,16,17)(H,18,19). The van der Waals surface area contributed by atoms with E-state index in [1.54, 1.807) is 19.1 Å². The van der Waals surface area contributed by atoms with Crippen LogP contribution in [0, 0.1) is 12.3 Å². The van der Waals surface area contributed by atoms with Crippen LogP contribution >= 0.6 is 23.2 Å². The molecule has 0 saturated carbocycles. The third-order valence-electron chi connectivity index (χ3n) is 2.73. The summed E-state index contributed by atoms with van der Waals surface area (Å²) in [6, 6.07) is 3.36. The first-order valence-corrected chi connectivity index (χ1v) is 6.38. The lowest BCUT2D eigenvalue weighted by Crippen LogP contribution is -2.29. The number of nitrogens with one attached hydrogen (secondary N) is 1. The highest BCUT2D eigenvalue weighted by molar-refractivity contribution is 6.40. The molecule has 2 N–H and O–H groups in total. The number of anilines is 1. The first kappa shape index (κ1) is 15.8. The van der Waals surface area contributed by atoms with Gasteiger partial charge in [-0.1, -0.05) is 29.3 Å². The van der Waals surface area contributed by atoms with E-state index in [1.807, 2.05) is 0 Å². The Morgan fingerprint density at radius 3 is 2.42 bits per heavy atom. The first-order valence-electron chi connectivity index (χ1n) is 5.63. The first-order chi connectivity index (χ1) is 8.65. The van der Waals surface area contributed by atoms with E-state index in [2.05, 4.69) is 5.32 Å². The van der Waals surface area contributed by atoms with Crippen molar-refractivity contribution in [3.63, 3.8) is 0 Å². The van der Waals surface area contributed by atoms with E-state index in [1.165, 1.54) is 13.8 Å². The van der Waals surface area contributed by atoms with Gasteiger partial charge in [0.15, 0.2) is 0 Å². The molecule has 0 radical (unpaired) electrons. The van der Waals surface area contributed by atoms with Gasteiger partial charge >= 0.3 is 5.97 Å². The minimum absolute atomic E-state index is 0.164. The fourth-order valence-corrected chi connectivity index (χ4v) is 1.90. The van der Waals surface area contributed by atoms with Crippen LogP contribution in [0.5, 0.6) is 0 Å². The number of benzene rings is 1. The molecule has 4 nitrogen and oxygen atoms in total. The van der Waals surface area contributed by atoms with E-state index >= 15 is 0 Å². The summed E-state index contributed by atoms with van der Waals surface area (Å²) < 4.78 is 0. The van der Waals surface area contributed by atoms with Gasteiger partial charge in [-0.05, 0) is 32.4 Å². The maximum absolute atomic E-state index is 11.9. The van der Waals surface area contributed by atoms with Crippen LogP contribution in [0.25, 0.3) is 0 Å². The third kappa shape index (κ3) is 3.85. The zero-order chi connectivity index (χ0) is 14.8. The van der Waals surface area contributed by atoms with E-state index in [0.717, 1.165) is 5.56 Å². The minimum atomic E-state index is -1.15. The Bertz CT molecular complexity index is 527. The van der Waals surface area contributed by atoms with Crippen molar-refractivity contribution >= 4 is 40.8 Å². The molecule has 0 aromatic heterocycles. The molecule has 0 aliphatic heterocycles. The molecular formula is C13H15Cl2NO3. The van der Waals surface area contributed by atoms with Gasteiger partial charge in [0.05, 0.1) is 21.1 Å². The van der Waals surface area contributed by atoms with Crippen LogP contribution in [0.1, 0.15) is 25.8 Å². The quantitative estimate of drug-likeness (QED) is 0.890. The maximum Gasteiger partial charge on any atom is 0.309 e. The number of halogens is 2. The molecule has 1 aromatic rings. The molecule has 1 rings (SSSR count). The summed E-state index contributed by atoms with van der Waals surface area (Å²) in [5, 5.41) is 12.2. The number of carboxylic acids is 1. The van der Waals surface area contributed by atoms with Crippen molar-refractivity contribution in [2.75, 3.05) is 5.32 Å². The van der Waals surface area contributed by atoms with E-state index in [0.29, 0.717) is 15.7 Å². The number of aliphatic carboxylic acids is 1. The van der Waals surface area contributed by atoms with Gasteiger partial charge in [0.2, 0.25) is 5.91 Å². The summed E-state index contributed by atoms with van der Waals surface area (Å²) in [6.07, 6.45) is -0.164. The van der Waals surface area contributed by atoms with Gasteiger partial charge in [0, 0.05) is 6.42 Å². The SMILES string of the molecule is Cc1ccc(Cl)c(NC(=O)CC(C)(C)C(=O)O)c1Cl. The zero-order valence-electron chi connectivity index (χ0n) is 10.9. The topological polar surface area (TPSA) is 66.4 Å². The lowest BCUT2D eigenvalue weighted by Gasteiger charge is -2.19. The highest BCUT2D eigenvalue weighted by Gasteiger charge is 2.30. The number of aryl methyl sites for hydroxylation is 1. The lowest BCUT2D eigenvalue weighted by molar-refractivity contribution is -0.148. The van der Waals surface area contributed by atoms with Crippen molar-refractivity contribution in [3.05, 3.63) is 27.7 Å². The molecule has 0 aliphatic rings. The molecule has 1 aromatic carbocycles. The van der Waals surface area contributed by atoms with E-state index in [-0.39, 0.29) is 6.42 Å². The fourth-order valence-electron chi connectivity index (χ4n) is 1.43. The van der Waals surface area contributed by atoms with Crippen LogP contribution in [-0.4, -0.2) is 17.0 Å². The Morgan fingerprint density at radius 1 is 1.32 bits per heavy atom. The number of hydrogen-bond donors (Lipinski definition) is 2.